The fourth-order valence-electron chi connectivity index (χ4n) is 1.85. The largest absolute Gasteiger partial charge is 0.480 e. The Morgan fingerprint density at radius 1 is 1.44 bits per heavy atom. The number of para-hydroxylation sites is 1. The molecule has 0 saturated carbocycles. The van der Waals surface area contributed by atoms with Crippen molar-refractivity contribution in [3.8, 4) is 0 Å². The van der Waals surface area contributed by atoms with E-state index in [1.165, 1.54) is 5.57 Å². The maximum atomic E-state index is 10.7. The molecule has 1 heterocycles. The van der Waals surface area contributed by atoms with E-state index in [9.17, 15) is 4.79 Å². The third-order valence-electron chi connectivity index (χ3n) is 2.61. The number of benzene rings is 1. The average molecular weight is 284 g/mol. The maximum absolute atomic E-state index is 10.7. The van der Waals surface area contributed by atoms with Gasteiger partial charge in [-0.1, -0.05) is 24.3 Å². The zero-order valence-corrected chi connectivity index (χ0v) is 10.7. The van der Waals surface area contributed by atoms with Gasteiger partial charge in [0.25, 0.3) is 0 Å². The van der Waals surface area contributed by atoms with Gasteiger partial charge in [0.1, 0.15) is 6.54 Å². The highest BCUT2D eigenvalue weighted by Crippen LogP contribution is 2.30. The number of rotatable bonds is 2. The van der Waals surface area contributed by atoms with Gasteiger partial charge < -0.3 is 10.0 Å². The van der Waals surface area contributed by atoms with Crippen LogP contribution in [-0.4, -0.2) is 24.2 Å². The zero-order valence-electron chi connectivity index (χ0n) is 9.01. The van der Waals surface area contributed by atoms with E-state index in [0.717, 1.165) is 11.3 Å². The van der Waals surface area contributed by atoms with Crippen LogP contribution in [0.15, 0.2) is 30.3 Å². The van der Waals surface area contributed by atoms with E-state index in [4.69, 9.17) is 5.11 Å². The second-order valence-corrected chi connectivity index (χ2v) is 3.68. The van der Waals surface area contributed by atoms with Crippen LogP contribution in [0.3, 0.4) is 0 Å². The Labute approximate surface area is 105 Å². The van der Waals surface area contributed by atoms with Gasteiger partial charge in [0, 0.05) is 17.8 Å². The van der Waals surface area contributed by atoms with Crippen molar-refractivity contribution < 1.29 is 9.90 Å². The fourth-order valence-corrected chi connectivity index (χ4v) is 1.85. The van der Waals surface area contributed by atoms with E-state index in [0.29, 0.717) is 6.54 Å². The second-order valence-electron chi connectivity index (χ2n) is 3.68. The van der Waals surface area contributed by atoms with Crippen LogP contribution < -0.4 is 4.90 Å². The minimum atomic E-state index is -0.794. The number of hydrogen-bond donors (Lipinski definition) is 1. The predicted molar refractivity (Wildman–Crippen MR) is 70.3 cm³/mol. The molecule has 0 aliphatic carbocycles. The molecule has 2 rings (SSSR count). The number of nitrogens with zero attached hydrogens (tertiary/aromatic N) is 1. The molecule has 16 heavy (non-hydrogen) atoms. The van der Waals surface area contributed by atoms with Crippen LogP contribution in [0.2, 0.25) is 0 Å². The van der Waals surface area contributed by atoms with Crippen molar-refractivity contribution in [1.29, 1.82) is 0 Å². The van der Waals surface area contributed by atoms with Gasteiger partial charge in [0.15, 0.2) is 0 Å². The number of fused-ring (bicyclic) bond motifs is 1. The summed E-state index contributed by atoms with van der Waals surface area (Å²) in [5.41, 5.74) is 3.36. The first-order valence-electron chi connectivity index (χ1n) is 4.91. The van der Waals surface area contributed by atoms with Gasteiger partial charge in [0.2, 0.25) is 0 Å². The maximum Gasteiger partial charge on any atom is 0.323 e. The zero-order chi connectivity index (χ0) is 10.8. The van der Waals surface area contributed by atoms with Crippen LogP contribution in [0.1, 0.15) is 12.5 Å². The molecular formula is C12H14BrNO2. The average Bonchev–Trinajstić information content (AvgIpc) is 2.22. The number of carbonyl (C=O) groups is 1. The highest BCUT2D eigenvalue weighted by molar-refractivity contribution is 8.93. The molecule has 1 aliphatic heterocycles. The predicted octanol–water partition coefficient (Wildman–Crippen LogP) is 2.57. The third-order valence-corrected chi connectivity index (χ3v) is 2.61. The summed E-state index contributed by atoms with van der Waals surface area (Å²) >= 11 is 0. The summed E-state index contributed by atoms with van der Waals surface area (Å²) < 4.78 is 0. The van der Waals surface area contributed by atoms with Crippen molar-refractivity contribution in [1.82, 2.24) is 0 Å². The summed E-state index contributed by atoms with van der Waals surface area (Å²) in [5.74, 6) is -0.794. The van der Waals surface area contributed by atoms with Crippen LogP contribution in [0, 0.1) is 0 Å². The summed E-state index contributed by atoms with van der Waals surface area (Å²) in [6.07, 6.45) is 2.06. The van der Waals surface area contributed by atoms with Gasteiger partial charge in [0.05, 0.1) is 0 Å². The fraction of sp³-hybridized carbons (Fsp3) is 0.250. The van der Waals surface area contributed by atoms with E-state index in [2.05, 4.69) is 13.0 Å². The van der Waals surface area contributed by atoms with Crippen LogP contribution in [-0.2, 0) is 4.79 Å². The number of allylic oxidation sites excluding steroid dienone is 1. The molecule has 0 aromatic heterocycles. The summed E-state index contributed by atoms with van der Waals surface area (Å²) in [7, 11) is 0. The molecule has 3 nitrogen and oxygen atoms in total. The molecule has 0 spiro atoms. The standard InChI is InChI=1S/C12H13NO2.BrH/c1-9-6-7-13(8-12(14)15)11-5-3-2-4-10(9)11;/h2-6H,7-8H2,1H3,(H,14,15);1H. The first kappa shape index (κ1) is 12.8. The lowest BCUT2D eigenvalue weighted by Gasteiger charge is -2.28. The molecule has 1 aliphatic rings. The molecule has 0 unspecified atom stereocenters. The number of halogens is 1. The van der Waals surface area contributed by atoms with Crippen molar-refractivity contribution in [3.05, 3.63) is 35.9 Å². The van der Waals surface area contributed by atoms with Crippen molar-refractivity contribution >= 4 is 34.2 Å². The SMILES string of the molecule is Br.CC1=CCN(CC(=O)O)c2ccccc21. The number of carboxylic acids is 1. The Bertz CT molecular complexity index is 429. The number of hydrogen-bond acceptors (Lipinski definition) is 2. The van der Waals surface area contributed by atoms with Crippen LogP contribution >= 0.6 is 17.0 Å². The molecule has 86 valence electrons. The van der Waals surface area contributed by atoms with Gasteiger partial charge in [-0.05, 0) is 18.6 Å². The summed E-state index contributed by atoms with van der Waals surface area (Å²) in [6.45, 7) is 2.78. The van der Waals surface area contributed by atoms with Crippen LogP contribution in [0.25, 0.3) is 5.57 Å². The lowest BCUT2D eigenvalue weighted by molar-refractivity contribution is -0.135. The normalized spacial score (nSPS) is 13.6. The highest BCUT2D eigenvalue weighted by atomic mass is 79.9. The van der Waals surface area contributed by atoms with E-state index in [1.54, 1.807) is 0 Å². The van der Waals surface area contributed by atoms with Gasteiger partial charge in [-0.15, -0.1) is 17.0 Å². The van der Waals surface area contributed by atoms with Crippen molar-refractivity contribution in [2.45, 2.75) is 6.92 Å². The molecule has 0 bridgehead atoms. The molecule has 1 N–H and O–H groups in total. The van der Waals surface area contributed by atoms with Crippen molar-refractivity contribution in [2.75, 3.05) is 18.0 Å². The second kappa shape index (κ2) is 5.16. The van der Waals surface area contributed by atoms with E-state index >= 15 is 0 Å². The minimum absolute atomic E-state index is 0. The smallest absolute Gasteiger partial charge is 0.323 e. The minimum Gasteiger partial charge on any atom is -0.480 e. The van der Waals surface area contributed by atoms with Crippen LogP contribution in [0.4, 0.5) is 5.69 Å². The lowest BCUT2D eigenvalue weighted by Crippen LogP contribution is -2.32. The van der Waals surface area contributed by atoms with E-state index in [-0.39, 0.29) is 23.5 Å². The molecule has 0 atom stereocenters. The number of carboxylic acid groups (broad SMARTS) is 1. The summed E-state index contributed by atoms with van der Waals surface area (Å²) in [5, 5.41) is 8.79. The Kier molecular flexibility index (Phi) is 4.12. The topological polar surface area (TPSA) is 40.5 Å². The van der Waals surface area contributed by atoms with Gasteiger partial charge in [-0.3, -0.25) is 4.79 Å². The molecule has 1 aromatic carbocycles. The Balaban J connectivity index is 0.00000128. The summed E-state index contributed by atoms with van der Waals surface area (Å²) in [6, 6.07) is 7.90. The first-order chi connectivity index (χ1) is 7.18. The number of aliphatic carboxylic acids is 1. The van der Waals surface area contributed by atoms with E-state index in [1.807, 2.05) is 29.2 Å². The summed E-state index contributed by atoms with van der Waals surface area (Å²) in [4.78, 5) is 12.6. The first-order valence-corrected chi connectivity index (χ1v) is 4.91. The molecule has 0 saturated heterocycles. The highest BCUT2D eigenvalue weighted by Gasteiger charge is 2.17. The molecule has 4 heteroatoms. The molecule has 0 fully saturated rings. The quantitative estimate of drug-likeness (QED) is 0.907. The number of anilines is 1. The monoisotopic (exact) mass is 283 g/mol. The van der Waals surface area contributed by atoms with Gasteiger partial charge >= 0.3 is 5.97 Å². The van der Waals surface area contributed by atoms with Gasteiger partial charge in [-0.2, -0.15) is 0 Å². The Hall–Kier alpha value is -1.29. The van der Waals surface area contributed by atoms with E-state index < -0.39 is 5.97 Å². The third kappa shape index (κ3) is 2.44. The van der Waals surface area contributed by atoms with Crippen LogP contribution in [0.5, 0.6) is 0 Å². The van der Waals surface area contributed by atoms with Gasteiger partial charge in [-0.25, -0.2) is 0 Å². The molecule has 0 amide bonds. The Morgan fingerprint density at radius 2 is 2.12 bits per heavy atom. The van der Waals surface area contributed by atoms with Crippen molar-refractivity contribution in [3.63, 3.8) is 0 Å². The molecular weight excluding hydrogens is 270 g/mol. The molecule has 1 aromatic rings. The molecule has 0 radical (unpaired) electrons. The lowest BCUT2D eigenvalue weighted by atomic mass is 10.0. The Morgan fingerprint density at radius 3 is 2.81 bits per heavy atom. The van der Waals surface area contributed by atoms with Crippen molar-refractivity contribution in [2.24, 2.45) is 0 Å².